The molecule has 2 heterocycles. The van der Waals surface area contributed by atoms with Gasteiger partial charge in [-0.15, -0.1) is 10.2 Å². The van der Waals surface area contributed by atoms with Crippen LogP contribution in [0.1, 0.15) is 22.5 Å². The van der Waals surface area contributed by atoms with Crippen molar-refractivity contribution in [3.05, 3.63) is 65.0 Å². The Kier molecular flexibility index (Phi) is 3.37. The van der Waals surface area contributed by atoms with Gasteiger partial charge in [0.1, 0.15) is 5.82 Å². The molecule has 0 radical (unpaired) electrons. The molecule has 1 aliphatic heterocycles. The molecule has 0 saturated heterocycles. The molecule has 116 valence electrons. The van der Waals surface area contributed by atoms with Crippen LogP contribution in [0.15, 0.2) is 42.5 Å². The summed E-state index contributed by atoms with van der Waals surface area (Å²) in [5, 5.41) is 8.85. The summed E-state index contributed by atoms with van der Waals surface area (Å²) in [6.07, 6.45) is 2.91. The number of benzene rings is 2. The second-order valence-electron chi connectivity index (χ2n) is 6.24. The summed E-state index contributed by atoms with van der Waals surface area (Å²) in [5.74, 6) is 2.02. The fourth-order valence-corrected chi connectivity index (χ4v) is 3.22. The average Bonchev–Trinajstić information content (AvgIpc) is 2.98. The minimum atomic E-state index is 0.779. The maximum atomic E-state index is 5.94. The molecule has 0 bridgehead atoms. The van der Waals surface area contributed by atoms with Gasteiger partial charge in [-0.25, -0.2) is 0 Å². The first-order valence-corrected chi connectivity index (χ1v) is 8.07. The smallest absolute Gasteiger partial charge is 0.164 e. The van der Waals surface area contributed by atoms with E-state index in [0.717, 1.165) is 48.7 Å². The van der Waals surface area contributed by atoms with E-state index in [0.29, 0.717) is 0 Å². The molecule has 0 unspecified atom stereocenters. The molecule has 1 aromatic heterocycles. The molecule has 4 nitrogen and oxygen atoms in total. The standard InChI is InChI=1S/C19H20N4/c1-13-2-4-14(5-3-13)6-9-18-21-22-19-17-12-16(20)8-7-15(17)10-11-23(18)19/h2-5,7-8,12H,6,9-11,20H2,1H3. The Labute approximate surface area is 136 Å². The van der Waals surface area contributed by atoms with Crippen LogP contribution in [0.3, 0.4) is 0 Å². The first-order valence-electron chi connectivity index (χ1n) is 8.07. The summed E-state index contributed by atoms with van der Waals surface area (Å²) >= 11 is 0. The minimum Gasteiger partial charge on any atom is -0.399 e. The van der Waals surface area contributed by atoms with Gasteiger partial charge in [-0.2, -0.15) is 0 Å². The van der Waals surface area contributed by atoms with E-state index in [2.05, 4.69) is 52.0 Å². The number of rotatable bonds is 3. The van der Waals surface area contributed by atoms with E-state index in [4.69, 9.17) is 5.73 Å². The quantitative estimate of drug-likeness (QED) is 0.756. The van der Waals surface area contributed by atoms with Crippen molar-refractivity contribution in [1.29, 1.82) is 0 Å². The molecule has 4 heteroatoms. The highest BCUT2D eigenvalue weighted by molar-refractivity contribution is 5.67. The number of aromatic nitrogens is 3. The maximum absolute atomic E-state index is 5.94. The number of aryl methyl sites for hydroxylation is 4. The number of anilines is 1. The summed E-state index contributed by atoms with van der Waals surface area (Å²) in [5.41, 5.74) is 11.8. The van der Waals surface area contributed by atoms with Crippen molar-refractivity contribution >= 4 is 5.69 Å². The van der Waals surface area contributed by atoms with E-state index in [1.54, 1.807) is 0 Å². The highest BCUT2D eigenvalue weighted by Gasteiger charge is 2.21. The summed E-state index contributed by atoms with van der Waals surface area (Å²) in [6, 6.07) is 14.8. The van der Waals surface area contributed by atoms with Crippen LogP contribution in [0.4, 0.5) is 5.69 Å². The zero-order valence-electron chi connectivity index (χ0n) is 13.3. The molecule has 0 aliphatic carbocycles. The average molecular weight is 304 g/mol. The van der Waals surface area contributed by atoms with Crippen molar-refractivity contribution in [3.8, 4) is 11.4 Å². The molecule has 0 amide bonds. The Balaban J connectivity index is 1.60. The van der Waals surface area contributed by atoms with Gasteiger partial charge in [0.15, 0.2) is 5.82 Å². The summed E-state index contributed by atoms with van der Waals surface area (Å²) in [6.45, 7) is 3.06. The van der Waals surface area contributed by atoms with E-state index in [1.807, 2.05) is 12.1 Å². The predicted octanol–water partition coefficient (Wildman–Crippen LogP) is 3.18. The predicted molar refractivity (Wildman–Crippen MR) is 92.2 cm³/mol. The topological polar surface area (TPSA) is 56.7 Å². The monoisotopic (exact) mass is 304 g/mol. The van der Waals surface area contributed by atoms with Crippen molar-refractivity contribution in [1.82, 2.24) is 14.8 Å². The van der Waals surface area contributed by atoms with Crippen LogP contribution < -0.4 is 5.73 Å². The highest BCUT2D eigenvalue weighted by atomic mass is 15.3. The molecule has 2 N–H and O–H groups in total. The van der Waals surface area contributed by atoms with Gasteiger partial charge < -0.3 is 10.3 Å². The third-order valence-electron chi connectivity index (χ3n) is 4.56. The van der Waals surface area contributed by atoms with Gasteiger partial charge in [0.05, 0.1) is 0 Å². The zero-order chi connectivity index (χ0) is 15.8. The maximum Gasteiger partial charge on any atom is 0.164 e. The SMILES string of the molecule is Cc1ccc(CCc2nnc3n2CCc2ccc(N)cc2-3)cc1. The molecule has 23 heavy (non-hydrogen) atoms. The summed E-state index contributed by atoms with van der Waals surface area (Å²) in [4.78, 5) is 0. The first kappa shape index (κ1) is 14.0. The Morgan fingerprint density at radius 2 is 1.87 bits per heavy atom. The summed E-state index contributed by atoms with van der Waals surface area (Å²) < 4.78 is 2.25. The third kappa shape index (κ3) is 2.61. The molecule has 1 aliphatic rings. The van der Waals surface area contributed by atoms with Crippen LogP contribution in [0.25, 0.3) is 11.4 Å². The van der Waals surface area contributed by atoms with Gasteiger partial charge in [0.25, 0.3) is 0 Å². The Morgan fingerprint density at radius 3 is 2.70 bits per heavy atom. The molecule has 0 spiro atoms. The van der Waals surface area contributed by atoms with Crippen molar-refractivity contribution in [2.75, 3.05) is 5.73 Å². The van der Waals surface area contributed by atoms with Gasteiger partial charge in [-0.1, -0.05) is 35.9 Å². The minimum absolute atomic E-state index is 0.779. The molecule has 0 saturated carbocycles. The number of fused-ring (bicyclic) bond motifs is 3. The van der Waals surface area contributed by atoms with Crippen LogP contribution in [-0.4, -0.2) is 14.8 Å². The lowest BCUT2D eigenvalue weighted by Crippen LogP contribution is -2.14. The normalized spacial score (nSPS) is 12.7. The van der Waals surface area contributed by atoms with Crippen LogP contribution in [-0.2, 0) is 25.8 Å². The molecule has 2 aromatic carbocycles. The first-order chi connectivity index (χ1) is 11.2. The Morgan fingerprint density at radius 1 is 1.04 bits per heavy atom. The second-order valence-corrected chi connectivity index (χ2v) is 6.24. The van der Waals surface area contributed by atoms with Crippen molar-refractivity contribution in [2.24, 2.45) is 0 Å². The lowest BCUT2D eigenvalue weighted by atomic mass is 9.99. The number of nitrogen functional groups attached to an aromatic ring is 1. The Bertz CT molecular complexity index is 846. The van der Waals surface area contributed by atoms with Crippen molar-refractivity contribution < 1.29 is 0 Å². The fraction of sp³-hybridized carbons (Fsp3) is 0.263. The lowest BCUT2D eigenvalue weighted by Gasteiger charge is -2.19. The van der Waals surface area contributed by atoms with Gasteiger partial charge in [-0.3, -0.25) is 0 Å². The number of nitrogens with two attached hydrogens (primary N) is 1. The van der Waals surface area contributed by atoms with Gasteiger partial charge >= 0.3 is 0 Å². The van der Waals surface area contributed by atoms with Crippen molar-refractivity contribution in [3.63, 3.8) is 0 Å². The number of nitrogens with zero attached hydrogens (tertiary/aromatic N) is 3. The van der Waals surface area contributed by atoms with Crippen molar-refractivity contribution in [2.45, 2.75) is 32.7 Å². The van der Waals surface area contributed by atoms with Crippen LogP contribution in [0, 0.1) is 6.92 Å². The molecule has 0 atom stereocenters. The Hall–Kier alpha value is -2.62. The zero-order valence-corrected chi connectivity index (χ0v) is 13.3. The third-order valence-corrected chi connectivity index (χ3v) is 4.56. The lowest BCUT2D eigenvalue weighted by molar-refractivity contribution is 0.638. The number of hydrogen-bond donors (Lipinski definition) is 1. The molecular formula is C19H20N4. The second kappa shape index (κ2) is 5.54. The molecular weight excluding hydrogens is 284 g/mol. The highest BCUT2D eigenvalue weighted by Crippen LogP contribution is 2.30. The van der Waals surface area contributed by atoms with Crippen LogP contribution in [0.2, 0.25) is 0 Å². The van der Waals surface area contributed by atoms with Crippen LogP contribution >= 0.6 is 0 Å². The van der Waals surface area contributed by atoms with E-state index >= 15 is 0 Å². The van der Waals surface area contributed by atoms with Crippen LogP contribution in [0.5, 0.6) is 0 Å². The summed E-state index contributed by atoms with van der Waals surface area (Å²) in [7, 11) is 0. The van der Waals surface area contributed by atoms with E-state index in [9.17, 15) is 0 Å². The van der Waals surface area contributed by atoms with Gasteiger partial charge in [-0.05, 0) is 43.0 Å². The van der Waals surface area contributed by atoms with E-state index in [1.165, 1.54) is 16.7 Å². The molecule has 0 fully saturated rings. The fourth-order valence-electron chi connectivity index (χ4n) is 3.22. The van der Waals surface area contributed by atoms with E-state index in [-0.39, 0.29) is 0 Å². The molecule has 4 rings (SSSR count). The number of hydrogen-bond acceptors (Lipinski definition) is 3. The van der Waals surface area contributed by atoms with E-state index < -0.39 is 0 Å². The van der Waals surface area contributed by atoms with Gasteiger partial charge in [0, 0.05) is 24.2 Å². The molecule has 3 aromatic rings. The largest absolute Gasteiger partial charge is 0.399 e. The van der Waals surface area contributed by atoms with Gasteiger partial charge in [0.2, 0.25) is 0 Å².